The van der Waals surface area contributed by atoms with E-state index in [1.54, 1.807) is 12.1 Å². The Morgan fingerprint density at radius 2 is 1.69 bits per heavy atom. The monoisotopic (exact) mass is 606 g/mol. The second-order valence-electron chi connectivity index (χ2n) is 8.65. The Labute approximate surface area is 235 Å². The van der Waals surface area contributed by atoms with Crippen LogP contribution < -0.4 is 0 Å². The molecule has 42 heavy (non-hydrogen) atoms. The maximum absolute atomic E-state index is 13.9. The lowest BCUT2D eigenvalue weighted by molar-refractivity contribution is -0.143. The van der Waals surface area contributed by atoms with E-state index < -0.39 is 52.8 Å². The van der Waals surface area contributed by atoms with E-state index >= 15 is 0 Å². The fraction of sp³-hybridized carbons (Fsp3) is 0.115. The minimum absolute atomic E-state index is 0.00747. The smallest absolute Gasteiger partial charge is 0.355 e. The molecule has 9 nitrogen and oxygen atoms in total. The first kappa shape index (κ1) is 28.6. The summed E-state index contributed by atoms with van der Waals surface area (Å²) in [4.78, 5) is 33.6. The van der Waals surface area contributed by atoms with Crippen molar-refractivity contribution in [3.05, 3.63) is 99.7 Å². The van der Waals surface area contributed by atoms with Crippen LogP contribution in [0.4, 0.5) is 26.3 Å². The van der Waals surface area contributed by atoms with E-state index in [0.29, 0.717) is 12.1 Å². The Morgan fingerprint density at radius 1 is 1.00 bits per heavy atom. The summed E-state index contributed by atoms with van der Waals surface area (Å²) < 4.78 is 86.8. The van der Waals surface area contributed by atoms with Crippen LogP contribution >= 0.6 is 11.6 Å². The number of hydrogen-bond donors (Lipinski definition) is 0. The van der Waals surface area contributed by atoms with Gasteiger partial charge in [0, 0.05) is 18.0 Å². The van der Waals surface area contributed by atoms with Crippen LogP contribution in [0.2, 0.25) is 5.02 Å². The Hall–Kier alpha value is -4.92. The van der Waals surface area contributed by atoms with Crippen LogP contribution in [0.15, 0.2) is 65.6 Å². The van der Waals surface area contributed by atoms with Gasteiger partial charge in [-0.05, 0) is 35.9 Å². The number of nitrogens with zero attached hydrogens (tertiary/aromatic N) is 6. The van der Waals surface area contributed by atoms with Crippen molar-refractivity contribution >= 4 is 23.7 Å². The van der Waals surface area contributed by atoms with E-state index in [2.05, 4.69) is 25.4 Å². The van der Waals surface area contributed by atoms with E-state index in [0.717, 1.165) is 4.68 Å². The van der Waals surface area contributed by atoms with Crippen LogP contribution in [0.3, 0.4) is 0 Å². The molecule has 5 rings (SSSR count). The van der Waals surface area contributed by atoms with Gasteiger partial charge in [0.2, 0.25) is 5.78 Å². The van der Waals surface area contributed by atoms with Crippen LogP contribution in [0.25, 0.3) is 22.7 Å². The highest BCUT2D eigenvalue weighted by atomic mass is 35.5. The summed E-state index contributed by atoms with van der Waals surface area (Å²) in [6, 6.07) is 7.24. The largest absolute Gasteiger partial charge is 0.416 e. The molecule has 0 amide bonds. The molecule has 0 N–H and O–H groups in total. The third-order valence-electron chi connectivity index (χ3n) is 5.91. The third-order valence-corrected chi connectivity index (χ3v) is 6.24. The molecule has 0 fully saturated rings. The molecule has 0 saturated heterocycles. The molecular weight excluding hydrogens is 594 g/mol. The van der Waals surface area contributed by atoms with E-state index in [9.17, 15) is 35.9 Å². The summed E-state index contributed by atoms with van der Waals surface area (Å²) in [5.41, 5.74) is -4.78. The predicted molar refractivity (Wildman–Crippen MR) is 132 cm³/mol. The van der Waals surface area contributed by atoms with Gasteiger partial charge in [-0.1, -0.05) is 34.1 Å². The molecule has 0 radical (unpaired) electrons. The standard InChI is InChI=1S/C26H13ClF6N6O3/c27-17-4-2-1-3-16(17)24-20(19(12-40)37-42-24)23(41)21-22(18-10-34-5-6-35-18)39(38-36-21)11-13-7-14(25(28,29)30)9-15(8-13)26(31,32)33/h1-10,12H,11H2. The summed E-state index contributed by atoms with van der Waals surface area (Å²) in [6.07, 6.45) is -6.20. The highest BCUT2D eigenvalue weighted by molar-refractivity contribution is 6.33. The zero-order valence-corrected chi connectivity index (χ0v) is 21.4. The lowest BCUT2D eigenvalue weighted by Crippen LogP contribution is -2.14. The second-order valence-corrected chi connectivity index (χ2v) is 9.06. The molecule has 0 aliphatic rings. The normalized spacial score (nSPS) is 12.0. The van der Waals surface area contributed by atoms with Crippen LogP contribution in [-0.4, -0.2) is 42.2 Å². The average Bonchev–Trinajstić information content (AvgIpc) is 3.57. The predicted octanol–water partition coefficient (Wildman–Crippen LogP) is 6.17. The third kappa shape index (κ3) is 5.50. The SMILES string of the molecule is O=Cc1noc(-c2ccccc2Cl)c1C(=O)c1nnn(Cc2cc(C(F)(F)F)cc(C(F)(F)F)c2)c1-c1cnccn1. The lowest BCUT2D eigenvalue weighted by Gasteiger charge is -2.15. The number of rotatable bonds is 7. The molecule has 2 aromatic carbocycles. The molecular formula is C26H13ClF6N6O3. The molecule has 0 aliphatic heterocycles. The lowest BCUT2D eigenvalue weighted by atomic mass is 9.99. The maximum atomic E-state index is 13.9. The fourth-order valence-electron chi connectivity index (χ4n) is 4.09. The van der Waals surface area contributed by atoms with Gasteiger partial charge in [0.25, 0.3) is 0 Å². The number of alkyl halides is 6. The Kier molecular flexibility index (Phi) is 7.36. The number of hydrogen-bond acceptors (Lipinski definition) is 8. The van der Waals surface area contributed by atoms with Gasteiger partial charge in [-0.15, -0.1) is 5.10 Å². The molecule has 0 unspecified atom stereocenters. The Morgan fingerprint density at radius 3 is 2.29 bits per heavy atom. The molecule has 3 aromatic heterocycles. The topological polar surface area (TPSA) is 117 Å². The van der Waals surface area contributed by atoms with Gasteiger partial charge in [0.05, 0.1) is 28.9 Å². The van der Waals surface area contributed by atoms with Gasteiger partial charge in [-0.2, -0.15) is 26.3 Å². The minimum Gasteiger partial charge on any atom is -0.355 e. The Bertz CT molecular complexity index is 1770. The van der Waals surface area contributed by atoms with Gasteiger partial charge in [-0.3, -0.25) is 19.6 Å². The van der Waals surface area contributed by atoms with Gasteiger partial charge in [0.15, 0.2) is 23.4 Å². The average molecular weight is 607 g/mol. The van der Waals surface area contributed by atoms with Crippen molar-refractivity contribution in [2.75, 3.05) is 0 Å². The molecule has 3 heterocycles. The summed E-state index contributed by atoms with van der Waals surface area (Å²) in [5.74, 6) is -1.14. The highest BCUT2D eigenvalue weighted by Crippen LogP contribution is 2.37. The first-order valence-corrected chi connectivity index (χ1v) is 12.0. The van der Waals surface area contributed by atoms with Crippen LogP contribution in [0, 0.1) is 0 Å². The van der Waals surface area contributed by atoms with Crippen molar-refractivity contribution in [1.29, 1.82) is 0 Å². The van der Waals surface area contributed by atoms with E-state index in [4.69, 9.17) is 16.1 Å². The van der Waals surface area contributed by atoms with Crippen molar-refractivity contribution in [2.24, 2.45) is 0 Å². The van der Waals surface area contributed by atoms with Gasteiger partial charge in [0.1, 0.15) is 17.0 Å². The molecule has 0 spiro atoms. The zero-order chi connectivity index (χ0) is 30.2. The number of halogens is 7. The molecule has 16 heteroatoms. The first-order chi connectivity index (χ1) is 19.9. The minimum atomic E-state index is -5.08. The maximum Gasteiger partial charge on any atom is 0.416 e. The number of aldehydes is 1. The molecule has 5 aromatic rings. The zero-order valence-electron chi connectivity index (χ0n) is 20.6. The quantitative estimate of drug-likeness (QED) is 0.123. The second kappa shape index (κ2) is 10.8. The van der Waals surface area contributed by atoms with E-state index in [1.165, 1.54) is 30.7 Å². The number of carbonyl (C=O) groups excluding carboxylic acids is 2. The van der Waals surface area contributed by atoms with E-state index in [-0.39, 0.29) is 45.7 Å². The summed E-state index contributed by atoms with van der Waals surface area (Å²) in [5, 5.41) is 11.5. The summed E-state index contributed by atoms with van der Waals surface area (Å²) in [6.45, 7) is -0.680. The molecule has 0 atom stereocenters. The molecule has 0 aliphatic carbocycles. The van der Waals surface area contributed by atoms with Crippen LogP contribution in [-0.2, 0) is 18.9 Å². The fourth-order valence-corrected chi connectivity index (χ4v) is 4.31. The van der Waals surface area contributed by atoms with Crippen LogP contribution in [0.1, 0.15) is 43.2 Å². The van der Waals surface area contributed by atoms with Crippen molar-refractivity contribution < 1.29 is 40.5 Å². The Balaban J connectivity index is 1.67. The number of benzene rings is 2. The molecule has 214 valence electrons. The molecule has 0 bridgehead atoms. The first-order valence-electron chi connectivity index (χ1n) is 11.6. The van der Waals surface area contributed by atoms with Gasteiger partial charge in [-0.25, -0.2) is 4.68 Å². The summed E-state index contributed by atoms with van der Waals surface area (Å²) >= 11 is 6.25. The number of carbonyl (C=O) groups is 2. The van der Waals surface area contributed by atoms with Crippen molar-refractivity contribution in [2.45, 2.75) is 18.9 Å². The number of ketones is 1. The van der Waals surface area contributed by atoms with E-state index in [1.807, 2.05) is 0 Å². The van der Waals surface area contributed by atoms with Crippen LogP contribution in [0.5, 0.6) is 0 Å². The van der Waals surface area contributed by atoms with Crippen molar-refractivity contribution in [3.63, 3.8) is 0 Å². The van der Waals surface area contributed by atoms with Crippen molar-refractivity contribution in [3.8, 4) is 22.7 Å². The molecule has 0 saturated carbocycles. The van der Waals surface area contributed by atoms with Gasteiger partial charge < -0.3 is 4.52 Å². The van der Waals surface area contributed by atoms with Crippen molar-refractivity contribution in [1.82, 2.24) is 30.1 Å². The number of aromatic nitrogens is 6. The highest BCUT2D eigenvalue weighted by Gasteiger charge is 2.37. The van der Waals surface area contributed by atoms with Gasteiger partial charge >= 0.3 is 12.4 Å². The summed E-state index contributed by atoms with van der Waals surface area (Å²) in [7, 11) is 0.